The average molecular weight is 569 g/mol. The molecule has 0 amide bonds. The molecule has 0 aliphatic rings. The van der Waals surface area contributed by atoms with Crippen LogP contribution in [0.15, 0.2) is 170 Å². The molecule has 0 aliphatic heterocycles. The number of para-hydroxylation sites is 4. The first-order valence-electron chi connectivity index (χ1n) is 14.5. The third-order valence-corrected chi connectivity index (χ3v) is 9.15. The molecule has 1 aromatic heterocycles. The number of rotatable bonds is 6. The van der Waals surface area contributed by atoms with Gasteiger partial charge in [0.05, 0.1) is 10.4 Å². The third-order valence-electron chi connectivity index (χ3n) is 7.96. The number of thiophene rings is 1. The first kappa shape index (κ1) is 25.3. The fourth-order valence-corrected chi connectivity index (χ4v) is 7.23. The van der Waals surface area contributed by atoms with Crippen LogP contribution in [0.1, 0.15) is 0 Å². The lowest BCUT2D eigenvalue weighted by Crippen LogP contribution is -2.13. The molecule has 0 saturated carbocycles. The van der Waals surface area contributed by atoms with Gasteiger partial charge in [0, 0.05) is 43.9 Å². The quantitative estimate of drug-likeness (QED) is 0.197. The summed E-state index contributed by atoms with van der Waals surface area (Å²) in [5.74, 6) is 0. The summed E-state index contributed by atoms with van der Waals surface area (Å²) in [6.45, 7) is 0. The number of hydrogen-bond acceptors (Lipinski definition) is 3. The summed E-state index contributed by atoms with van der Waals surface area (Å²) in [5.41, 5.74) is 6.77. The highest BCUT2D eigenvalue weighted by Crippen LogP contribution is 2.49. The van der Waals surface area contributed by atoms with Gasteiger partial charge in [-0.3, -0.25) is 0 Å². The number of hydrogen-bond donors (Lipinski definition) is 0. The summed E-state index contributed by atoms with van der Waals surface area (Å²) in [4.78, 5) is 4.76. The van der Waals surface area contributed by atoms with E-state index in [1.165, 1.54) is 30.9 Å². The van der Waals surface area contributed by atoms with Crippen molar-refractivity contribution >= 4 is 76.4 Å². The Morgan fingerprint density at radius 2 is 0.791 bits per heavy atom. The summed E-state index contributed by atoms with van der Waals surface area (Å²) in [6, 6.07) is 60.8. The van der Waals surface area contributed by atoms with Crippen molar-refractivity contribution in [3.63, 3.8) is 0 Å². The molecule has 0 aliphatic carbocycles. The Hall–Kier alpha value is -5.38. The van der Waals surface area contributed by atoms with Crippen LogP contribution in [0.4, 0.5) is 34.1 Å². The van der Waals surface area contributed by atoms with Gasteiger partial charge < -0.3 is 9.80 Å². The van der Waals surface area contributed by atoms with E-state index in [9.17, 15) is 0 Å². The normalized spacial score (nSPS) is 11.3. The Morgan fingerprint density at radius 1 is 0.349 bits per heavy atom. The van der Waals surface area contributed by atoms with Gasteiger partial charge in [0.25, 0.3) is 0 Å². The Morgan fingerprint density at radius 3 is 1.30 bits per heavy atom. The average Bonchev–Trinajstić information content (AvgIpc) is 3.43. The predicted octanol–water partition coefficient (Wildman–Crippen LogP) is 12.1. The molecule has 204 valence electrons. The lowest BCUT2D eigenvalue weighted by Gasteiger charge is -2.30. The molecule has 8 rings (SSSR count). The maximum atomic E-state index is 2.40. The van der Waals surface area contributed by atoms with Crippen LogP contribution in [0, 0.1) is 0 Å². The van der Waals surface area contributed by atoms with Gasteiger partial charge in [-0.1, -0.05) is 97.1 Å². The molecule has 0 spiro atoms. The smallest absolute Gasteiger partial charge is 0.0661 e. The van der Waals surface area contributed by atoms with Crippen LogP contribution in [0.3, 0.4) is 0 Å². The molecule has 0 unspecified atom stereocenters. The van der Waals surface area contributed by atoms with Crippen molar-refractivity contribution in [2.75, 3.05) is 9.80 Å². The molecule has 0 N–H and O–H groups in total. The SMILES string of the molecule is c1ccc(N(c2ccccc2)c2cc(N(c3ccccc3)c3ccccc3)c3sc4cc5ccccc5cc4c3c2)cc1. The van der Waals surface area contributed by atoms with Crippen LogP contribution in [-0.2, 0) is 0 Å². The highest BCUT2D eigenvalue weighted by atomic mass is 32.1. The van der Waals surface area contributed by atoms with Crippen LogP contribution >= 0.6 is 11.3 Å². The van der Waals surface area contributed by atoms with Gasteiger partial charge in [-0.05, 0) is 83.6 Å². The van der Waals surface area contributed by atoms with Gasteiger partial charge in [0.15, 0.2) is 0 Å². The van der Waals surface area contributed by atoms with E-state index in [0.717, 1.165) is 34.1 Å². The largest absolute Gasteiger partial charge is 0.310 e. The van der Waals surface area contributed by atoms with E-state index in [4.69, 9.17) is 0 Å². The predicted molar refractivity (Wildman–Crippen MR) is 186 cm³/mol. The minimum Gasteiger partial charge on any atom is -0.310 e. The molecule has 7 aromatic carbocycles. The van der Waals surface area contributed by atoms with E-state index in [2.05, 4.69) is 180 Å². The maximum absolute atomic E-state index is 2.40. The molecule has 1 heterocycles. The van der Waals surface area contributed by atoms with Gasteiger partial charge >= 0.3 is 0 Å². The standard InChI is InChI=1S/C40H28N2S/c1-5-17-31(18-6-1)41(32-19-7-2-8-20-32)35-27-37-36-25-29-15-13-14-16-30(29)26-39(36)43-40(37)38(28-35)42(33-21-9-3-10-22-33)34-23-11-4-12-24-34/h1-28H. The van der Waals surface area contributed by atoms with E-state index in [0.29, 0.717) is 0 Å². The molecule has 0 fully saturated rings. The molecular formula is C40H28N2S. The molecule has 0 atom stereocenters. The Bertz CT molecular complexity index is 2090. The Balaban J connectivity index is 1.49. The zero-order chi connectivity index (χ0) is 28.6. The Labute approximate surface area is 255 Å². The molecule has 43 heavy (non-hydrogen) atoms. The molecular weight excluding hydrogens is 541 g/mol. The fourth-order valence-electron chi connectivity index (χ4n) is 6.01. The third kappa shape index (κ3) is 4.61. The molecule has 0 radical (unpaired) electrons. The minimum absolute atomic E-state index is 1.12. The van der Waals surface area contributed by atoms with E-state index < -0.39 is 0 Å². The van der Waals surface area contributed by atoms with Gasteiger partial charge in [0.2, 0.25) is 0 Å². The molecule has 8 aromatic rings. The van der Waals surface area contributed by atoms with Crippen LogP contribution < -0.4 is 9.80 Å². The zero-order valence-corrected chi connectivity index (χ0v) is 24.3. The minimum atomic E-state index is 1.12. The zero-order valence-electron chi connectivity index (χ0n) is 23.5. The summed E-state index contributed by atoms with van der Waals surface area (Å²) >= 11 is 1.87. The number of nitrogens with zero attached hydrogens (tertiary/aromatic N) is 2. The summed E-state index contributed by atoms with van der Waals surface area (Å²) in [7, 11) is 0. The second-order valence-electron chi connectivity index (χ2n) is 10.7. The van der Waals surface area contributed by atoms with Crippen molar-refractivity contribution in [3.05, 3.63) is 170 Å². The molecule has 0 bridgehead atoms. The van der Waals surface area contributed by atoms with Gasteiger partial charge in [0.1, 0.15) is 0 Å². The first-order chi connectivity index (χ1) is 21.3. The van der Waals surface area contributed by atoms with Crippen molar-refractivity contribution in [3.8, 4) is 0 Å². The monoisotopic (exact) mass is 568 g/mol. The summed E-state index contributed by atoms with van der Waals surface area (Å²) < 4.78 is 2.56. The highest BCUT2D eigenvalue weighted by Gasteiger charge is 2.22. The Kier molecular flexibility index (Phi) is 6.36. The van der Waals surface area contributed by atoms with Crippen molar-refractivity contribution < 1.29 is 0 Å². The lowest BCUT2D eigenvalue weighted by molar-refractivity contribution is 1.26. The van der Waals surface area contributed by atoms with E-state index in [-0.39, 0.29) is 0 Å². The molecule has 2 nitrogen and oxygen atoms in total. The van der Waals surface area contributed by atoms with Gasteiger partial charge in [-0.2, -0.15) is 0 Å². The van der Waals surface area contributed by atoms with Gasteiger partial charge in [-0.25, -0.2) is 0 Å². The lowest BCUT2D eigenvalue weighted by atomic mass is 10.0. The topological polar surface area (TPSA) is 6.48 Å². The second-order valence-corrected chi connectivity index (χ2v) is 11.7. The van der Waals surface area contributed by atoms with Crippen LogP contribution in [0.25, 0.3) is 30.9 Å². The first-order valence-corrected chi connectivity index (χ1v) is 15.3. The second kappa shape index (κ2) is 10.8. The van der Waals surface area contributed by atoms with E-state index >= 15 is 0 Å². The van der Waals surface area contributed by atoms with Crippen molar-refractivity contribution in [2.24, 2.45) is 0 Å². The summed E-state index contributed by atoms with van der Waals surface area (Å²) in [5, 5.41) is 5.06. The number of anilines is 6. The fraction of sp³-hybridized carbons (Fsp3) is 0. The van der Waals surface area contributed by atoms with Crippen LogP contribution in [0.5, 0.6) is 0 Å². The highest BCUT2D eigenvalue weighted by molar-refractivity contribution is 7.26. The molecule has 3 heteroatoms. The summed E-state index contributed by atoms with van der Waals surface area (Å²) in [6.07, 6.45) is 0. The van der Waals surface area contributed by atoms with E-state index in [1.54, 1.807) is 0 Å². The maximum Gasteiger partial charge on any atom is 0.0661 e. The molecule has 0 saturated heterocycles. The van der Waals surface area contributed by atoms with E-state index in [1.807, 2.05) is 11.3 Å². The van der Waals surface area contributed by atoms with Crippen LogP contribution in [0.2, 0.25) is 0 Å². The van der Waals surface area contributed by atoms with Crippen molar-refractivity contribution in [1.29, 1.82) is 0 Å². The van der Waals surface area contributed by atoms with Crippen molar-refractivity contribution in [2.45, 2.75) is 0 Å². The number of benzene rings is 7. The number of fused-ring (bicyclic) bond motifs is 4. The van der Waals surface area contributed by atoms with Gasteiger partial charge in [-0.15, -0.1) is 11.3 Å². The van der Waals surface area contributed by atoms with Crippen molar-refractivity contribution in [1.82, 2.24) is 0 Å². The van der Waals surface area contributed by atoms with Crippen LogP contribution in [-0.4, -0.2) is 0 Å².